The fourth-order valence-corrected chi connectivity index (χ4v) is 4.46. The summed E-state index contributed by atoms with van der Waals surface area (Å²) in [5.74, 6) is -0.274. The number of benzene rings is 1. The third kappa shape index (κ3) is 2.97. The number of nitrogens with zero attached hydrogens (tertiary/aromatic N) is 1. The molecule has 0 aromatic heterocycles. The molecule has 23 heavy (non-hydrogen) atoms. The van der Waals surface area contributed by atoms with Crippen LogP contribution in [0, 0.1) is 17.2 Å². The molecule has 0 bridgehead atoms. The number of halogens is 2. The van der Waals surface area contributed by atoms with Crippen molar-refractivity contribution in [3.05, 3.63) is 29.0 Å². The predicted octanol–water partition coefficient (Wildman–Crippen LogP) is 3.16. The van der Waals surface area contributed by atoms with Crippen molar-refractivity contribution >= 4 is 23.2 Å². The second kappa shape index (κ2) is 6.04. The lowest BCUT2D eigenvalue weighted by Crippen LogP contribution is -2.66. The van der Waals surface area contributed by atoms with E-state index >= 15 is 0 Å². The van der Waals surface area contributed by atoms with Crippen molar-refractivity contribution in [1.82, 2.24) is 4.90 Å². The Balaban J connectivity index is 1.61. The number of hydrogen-bond donors (Lipinski definition) is 1. The smallest absolute Gasteiger partial charge is 0.238 e. The molecule has 1 N–H and O–H groups in total. The maximum absolute atomic E-state index is 13.8. The minimum Gasteiger partial charge on any atom is -0.377 e. The molecule has 1 saturated heterocycles. The largest absolute Gasteiger partial charge is 0.377 e. The highest BCUT2D eigenvalue weighted by Crippen LogP contribution is 2.54. The number of carbonyl (C=O) groups is 1. The van der Waals surface area contributed by atoms with Crippen molar-refractivity contribution in [3.8, 4) is 0 Å². The maximum Gasteiger partial charge on any atom is 0.238 e. The third-order valence-corrected chi connectivity index (χ3v) is 5.35. The van der Waals surface area contributed by atoms with Crippen LogP contribution in [0.1, 0.15) is 20.3 Å². The van der Waals surface area contributed by atoms with Crippen molar-refractivity contribution in [2.75, 3.05) is 25.5 Å². The van der Waals surface area contributed by atoms with Crippen LogP contribution in [0.25, 0.3) is 0 Å². The summed E-state index contributed by atoms with van der Waals surface area (Å²) in [6.45, 7) is 5.37. The number of hydrogen-bond acceptors (Lipinski definition) is 3. The van der Waals surface area contributed by atoms with E-state index in [0.717, 1.165) is 13.0 Å². The van der Waals surface area contributed by atoms with E-state index in [0.29, 0.717) is 17.0 Å². The van der Waals surface area contributed by atoms with E-state index in [2.05, 4.69) is 24.1 Å². The molecular weight excluding hydrogens is 319 g/mol. The lowest BCUT2D eigenvalue weighted by Gasteiger charge is -2.57. The van der Waals surface area contributed by atoms with Gasteiger partial charge in [-0.3, -0.25) is 9.69 Å². The van der Waals surface area contributed by atoms with Gasteiger partial charge in [0, 0.05) is 29.0 Å². The number of anilines is 1. The van der Waals surface area contributed by atoms with Gasteiger partial charge in [-0.2, -0.15) is 0 Å². The summed E-state index contributed by atoms with van der Waals surface area (Å²) >= 11 is 5.72. The van der Waals surface area contributed by atoms with Gasteiger partial charge < -0.3 is 10.1 Å². The number of carbonyl (C=O) groups excluding carboxylic acids is 1. The van der Waals surface area contributed by atoms with E-state index in [9.17, 15) is 9.18 Å². The Hall–Kier alpha value is -1.17. The highest BCUT2D eigenvalue weighted by atomic mass is 35.5. The first-order valence-corrected chi connectivity index (χ1v) is 8.25. The highest BCUT2D eigenvalue weighted by molar-refractivity contribution is 6.30. The second-order valence-corrected chi connectivity index (χ2v) is 7.53. The van der Waals surface area contributed by atoms with Gasteiger partial charge >= 0.3 is 0 Å². The Morgan fingerprint density at radius 2 is 2.26 bits per heavy atom. The molecule has 3 unspecified atom stereocenters. The van der Waals surface area contributed by atoms with E-state index in [4.69, 9.17) is 16.3 Å². The molecule has 1 aromatic carbocycles. The van der Waals surface area contributed by atoms with E-state index in [1.165, 1.54) is 12.1 Å². The van der Waals surface area contributed by atoms with Crippen LogP contribution >= 0.6 is 11.6 Å². The van der Waals surface area contributed by atoms with Crippen LogP contribution < -0.4 is 5.32 Å². The molecule has 0 radical (unpaired) electrons. The summed E-state index contributed by atoms with van der Waals surface area (Å²) in [6.07, 6.45) is 1.32. The van der Waals surface area contributed by atoms with Gasteiger partial charge in [-0.1, -0.05) is 25.4 Å². The molecule has 1 aliphatic heterocycles. The van der Waals surface area contributed by atoms with Gasteiger partial charge in [-0.25, -0.2) is 4.39 Å². The molecule has 3 atom stereocenters. The number of nitrogens with one attached hydrogen (secondary N) is 1. The van der Waals surface area contributed by atoms with E-state index in [1.807, 2.05) is 7.05 Å². The van der Waals surface area contributed by atoms with Gasteiger partial charge in [-0.05, 0) is 31.7 Å². The molecule has 1 heterocycles. The van der Waals surface area contributed by atoms with Gasteiger partial charge in [-0.15, -0.1) is 0 Å². The number of ether oxygens (including phenoxy) is 1. The van der Waals surface area contributed by atoms with Crippen molar-refractivity contribution < 1.29 is 13.9 Å². The molecule has 3 rings (SSSR count). The topological polar surface area (TPSA) is 41.6 Å². The van der Waals surface area contributed by atoms with Crippen LogP contribution in [-0.2, 0) is 9.53 Å². The zero-order valence-electron chi connectivity index (χ0n) is 13.6. The fourth-order valence-electron chi connectivity index (χ4n) is 4.30. The van der Waals surface area contributed by atoms with Crippen LogP contribution in [0.4, 0.5) is 10.1 Å². The summed E-state index contributed by atoms with van der Waals surface area (Å²) in [7, 11) is 1.94. The summed E-state index contributed by atoms with van der Waals surface area (Å²) < 4.78 is 19.5. The molecule has 2 aliphatic rings. The van der Waals surface area contributed by atoms with Gasteiger partial charge in [0.25, 0.3) is 0 Å². The Kier molecular flexibility index (Phi) is 4.38. The molecule has 6 heteroatoms. The van der Waals surface area contributed by atoms with E-state index in [-0.39, 0.29) is 29.7 Å². The van der Waals surface area contributed by atoms with Crippen LogP contribution in [0.5, 0.6) is 0 Å². The summed E-state index contributed by atoms with van der Waals surface area (Å²) in [6, 6.07) is 4.52. The molecule has 1 amide bonds. The zero-order valence-corrected chi connectivity index (χ0v) is 14.4. The average molecular weight is 341 g/mol. The summed E-state index contributed by atoms with van der Waals surface area (Å²) in [5.41, 5.74) is 0.185. The molecule has 1 aliphatic carbocycles. The summed E-state index contributed by atoms with van der Waals surface area (Å²) in [5, 5.41) is 2.92. The quantitative estimate of drug-likeness (QED) is 0.915. The number of rotatable bonds is 4. The Morgan fingerprint density at radius 1 is 1.52 bits per heavy atom. The molecular formula is C17H22ClFN2O2. The monoisotopic (exact) mass is 340 g/mol. The van der Waals surface area contributed by atoms with Crippen LogP contribution in [0.15, 0.2) is 18.2 Å². The molecule has 0 spiro atoms. The van der Waals surface area contributed by atoms with Gasteiger partial charge in [0.05, 0.1) is 18.3 Å². The van der Waals surface area contributed by atoms with Crippen molar-refractivity contribution in [2.24, 2.45) is 11.3 Å². The Morgan fingerprint density at radius 3 is 2.96 bits per heavy atom. The lowest BCUT2D eigenvalue weighted by atomic mass is 9.57. The number of fused-ring (bicyclic) bond motifs is 1. The maximum atomic E-state index is 13.8. The van der Waals surface area contributed by atoms with Gasteiger partial charge in [0.2, 0.25) is 5.91 Å². The van der Waals surface area contributed by atoms with Crippen LogP contribution in [0.3, 0.4) is 0 Å². The van der Waals surface area contributed by atoms with E-state index < -0.39 is 5.82 Å². The van der Waals surface area contributed by atoms with Crippen molar-refractivity contribution in [1.29, 1.82) is 0 Å². The highest BCUT2D eigenvalue weighted by Gasteiger charge is 2.60. The zero-order chi connectivity index (χ0) is 16.8. The minimum atomic E-state index is -0.526. The second-order valence-electron chi connectivity index (χ2n) is 7.10. The molecule has 1 aromatic rings. The number of likely N-dealkylation sites (N-methyl/N-ethyl adjacent to an activating group) is 1. The summed E-state index contributed by atoms with van der Waals surface area (Å²) in [4.78, 5) is 14.3. The molecule has 1 saturated carbocycles. The van der Waals surface area contributed by atoms with Crippen LogP contribution in [0.2, 0.25) is 5.02 Å². The standard InChI is InChI=1S/C17H22ClFN2O2/c1-17(2)15(11-6-7-23-16(11)17)21(3)9-14(22)20-13-5-4-10(18)8-12(13)19/h4-5,8,11,15-16H,6-7,9H2,1-3H3,(H,20,22). The van der Waals surface area contributed by atoms with Gasteiger partial charge in [0.15, 0.2) is 0 Å². The third-order valence-electron chi connectivity index (χ3n) is 5.11. The first-order chi connectivity index (χ1) is 10.8. The Labute approximate surface area is 140 Å². The fraction of sp³-hybridized carbons (Fsp3) is 0.588. The first kappa shape index (κ1) is 16.7. The lowest BCUT2D eigenvalue weighted by molar-refractivity contribution is -0.152. The van der Waals surface area contributed by atoms with Gasteiger partial charge in [0.1, 0.15) is 5.82 Å². The minimum absolute atomic E-state index is 0.0295. The Bertz CT molecular complexity index is 623. The van der Waals surface area contributed by atoms with Crippen LogP contribution in [-0.4, -0.2) is 43.2 Å². The SMILES string of the molecule is CN(CC(=O)Nc1ccc(Cl)cc1F)C1C2CCOC2C1(C)C. The molecule has 2 fully saturated rings. The molecule has 4 nitrogen and oxygen atoms in total. The predicted molar refractivity (Wildman–Crippen MR) is 88.1 cm³/mol. The molecule has 126 valence electrons. The van der Waals surface area contributed by atoms with Crippen molar-refractivity contribution in [2.45, 2.75) is 32.4 Å². The van der Waals surface area contributed by atoms with E-state index in [1.54, 1.807) is 6.07 Å². The normalized spacial score (nSPS) is 28.3. The van der Waals surface area contributed by atoms with Crippen molar-refractivity contribution in [3.63, 3.8) is 0 Å². The number of amides is 1. The first-order valence-electron chi connectivity index (χ1n) is 7.87. The average Bonchev–Trinajstić information content (AvgIpc) is 2.87.